The van der Waals surface area contributed by atoms with Crippen LogP contribution in [0.3, 0.4) is 0 Å². The summed E-state index contributed by atoms with van der Waals surface area (Å²) in [6.07, 6.45) is 1.47. The second-order valence-corrected chi connectivity index (χ2v) is 5.73. The maximum absolute atomic E-state index is 12.4. The molecule has 0 unspecified atom stereocenters. The van der Waals surface area contributed by atoms with Crippen molar-refractivity contribution in [3.8, 4) is 0 Å². The van der Waals surface area contributed by atoms with Gasteiger partial charge in [0, 0.05) is 11.9 Å². The number of rotatable bonds is 4. The van der Waals surface area contributed by atoms with Crippen LogP contribution in [0.25, 0.3) is 0 Å². The highest BCUT2D eigenvalue weighted by atomic mass is 35.5. The lowest BCUT2D eigenvalue weighted by atomic mass is 10.0. The molecular weight excluding hydrogens is 318 g/mol. The second kappa shape index (κ2) is 6.75. The average Bonchev–Trinajstić information content (AvgIpc) is 2.48. The summed E-state index contributed by atoms with van der Waals surface area (Å²) in [6, 6.07) is 4.28. The lowest BCUT2D eigenvalue weighted by Gasteiger charge is -2.12. The molecule has 0 saturated heterocycles. The maximum Gasteiger partial charge on any atom is 0.337 e. The van der Waals surface area contributed by atoms with Crippen molar-refractivity contribution in [3.63, 3.8) is 0 Å². The summed E-state index contributed by atoms with van der Waals surface area (Å²) < 4.78 is 0. The van der Waals surface area contributed by atoms with Crippen molar-refractivity contribution in [2.24, 2.45) is 0 Å². The van der Waals surface area contributed by atoms with Gasteiger partial charge < -0.3 is 10.4 Å². The van der Waals surface area contributed by atoms with E-state index in [4.69, 9.17) is 16.7 Å². The van der Waals surface area contributed by atoms with Crippen LogP contribution in [0.1, 0.15) is 52.0 Å². The van der Waals surface area contributed by atoms with Crippen molar-refractivity contribution in [2.75, 3.05) is 5.32 Å². The first kappa shape index (κ1) is 16.9. The maximum atomic E-state index is 12.4. The van der Waals surface area contributed by atoms with Gasteiger partial charge in [-0.05, 0) is 31.0 Å². The molecule has 0 aliphatic rings. The van der Waals surface area contributed by atoms with Crippen molar-refractivity contribution in [2.45, 2.75) is 26.7 Å². The van der Waals surface area contributed by atoms with E-state index in [-0.39, 0.29) is 16.5 Å². The van der Waals surface area contributed by atoms with E-state index < -0.39 is 11.9 Å². The molecule has 1 aromatic carbocycles. The minimum Gasteiger partial charge on any atom is -0.478 e. The standard InChI is InChI=1S/C16H16ClN3O3/c1-8(2)14-12(7-18-9(3)19-14)15(21)20-10-4-5-13(17)11(6-10)16(22)23/h4-8H,1-3H3,(H,20,21)(H,22,23). The van der Waals surface area contributed by atoms with E-state index in [2.05, 4.69) is 15.3 Å². The molecule has 2 rings (SSSR count). The van der Waals surface area contributed by atoms with E-state index in [1.165, 1.54) is 24.4 Å². The summed E-state index contributed by atoms with van der Waals surface area (Å²) in [5.74, 6) is -0.915. The number of anilines is 1. The van der Waals surface area contributed by atoms with Gasteiger partial charge in [0.2, 0.25) is 0 Å². The third kappa shape index (κ3) is 3.84. The number of benzene rings is 1. The summed E-state index contributed by atoms with van der Waals surface area (Å²) in [6.45, 7) is 5.62. The zero-order valence-corrected chi connectivity index (χ0v) is 13.7. The summed E-state index contributed by atoms with van der Waals surface area (Å²) >= 11 is 5.82. The number of hydrogen-bond acceptors (Lipinski definition) is 4. The highest BCUT2D eigenvalue weighted by Crippen LogP contribution is 2.22. The lowest BCUT2D eigenvalue weighted by Crippen LogP contribution is -2.17. The van der Waals surface area contributed by atoms with E-state index in [1.807, 2.05) is 13.8 Å². The van der Waals surface area contributed by atoms with Crippen LogP contribution >= 0.6 is 11.6 Å². The van der Waals surface area contributed by atoms with Crippen LogP contribution in [-0.4, -0.2) is 27.0 Å². The van der Waals surface area contributed by atoms with Crippen molar-refractivity contribution in [1.82, 2.24) is 9.97 Å². The second-order valence-electron chi connectivity index (χ2n) is 5.32. The summed E-state index contributed by atoms with van der Waals surface area (Å²) in [4.78, 5) is 31.9. The third-order valence-corrected chi connectivity index (χ3v) is 3.51. The Labute approximate surface area is 138 Å². The number of halogens is 1. The smallest absolute Gasteiger partial charge is 0.337 e. The quantitative estimate of drug-likeness (QED) is 0.893. The molecule has 7 heteroatoms. The molecule has 23 heavy (non-hydrogen) atoms. The number of amides is 1. The van der Waals surface area contributed by atoms with E-state index in [0.717, 1.165) is 0 Å². The van der Waals surface area contributed by atoms with Gasteiger partial charge >= 0.3 is 5.97 Å². The molecule has 0 atom stereocenters. The largest absolute Gasteiger partial charge is 0.478 e. The monoisotopic (exact) mass is 333 g/mol. The summed E-state index contributed by atoms with van der Waals surface area (Å²) in [5, 5.41) is 11.8. The molecule has 120 valence electrons. The fraction of sp³-hybridized carbons (Fsp3) is 0.250. The van der Waals surface area contributed by atoms with Crippen LogP contribution in [-0.2, 0) is 0 Å². The highest BCUT2D eigenvalue weighted by Gasteiger charge is 2.17. The third-order valence-electron chi connectivity index (χ3n) is 3.18. The molecule has 2 aromatic rings. The highest BCUT2D eigenvalue weighted by molar-refractivity contribution is 6.33. The van der Waals surface area contributed by atoms with Crippen LogP contribution in [0.5, 0.6) is 0 Å². The Hall–Kier alpha value is -2.47. The minimum atomic E-state index is -1.16. The van der Waals surface area contributed by atoms with Crippen LogP contribution in [0.4, 0.5) is 5.69 Å². The number of carboxylic acid groups (broad SMARTS) is 1. The Morgan fingerprint density at radius 2 is 1.96 bits per heavy atom. The number of carbonyl (C=O) groups excluding carboxylic acids is 1. The Bertz CT molecular complexity index is 775. The molecule has 0 aliphatic heterocycles. The van der Waals surface area contributed by atoms with Crippen molar-refractivity contribution in [1.29, 1.82) is 0 Å². The first-order chi connectivity index (χ1) is 10.8. The van der Waals surface area contributed by atoms with E-state index in [0.29, 0.717) is 22.8 Å². The molecule has 0 spiro atoms. The SMILES string of the molecule is Cc1ncc(C(=O)Nc2ccc(Cl)c(C(=O)O)c2)c(C(C)C)n1. The fourth-order valence-corrected chi connectivity index (χ4v) is 2.27. The predicted molar refractivity (Wildman–Crippen MR) is 87.2 cm³/mol. The van der Waals surface area contributed by atoms with E-state index >= 15 is 0 Å². The van der Waals surface area contributed by atoms with Crippen LogP contribution in [0.2, 0.25) is 5.02 Å². The van der Waals surface area contributed by atoms with Gasteiger partial charge in [-0.1, -0.05) is 25.4 Å². The molecule has 2 N–H and O–H groups in total. The van der Waals surface area contributed by atoms with Gasteiger partial charge in [-0.15, -0.1) is 0 Å². The molecule has 1 aromatic heterocycles. The Kier molecular flexibility index (Phi) is 4.95. The van der Waals surface area contributed by atoms with Crippen LogP contribution in [0.15, 0.2) is 24.4 Å². The summed E-state index contributed by atoms with van der Waals surface area (Å²) in [7, 11) is 0. The average molecular weight is 334 g/mol. The van der Waals surface area contributed by atoms with Crippen molar-refractivity contribution in [3.05, 3.63) is 52.1 Å². The van der Waals surface area contributed by atoms with Crippen molar-refractivity contribution >= 4 is 29.2 Å². The van der Waals surface area contributed by atoms with Gasteiger partial charge in [0.15, 0.2) is 0 Å². The van der Waals surface area contributed by atoms with Gasteiger partial charge in [-0.3, -0.25) is 4.79 Å². The molecule has 6 nitrogen and oxygen atoms in total. The van der Waals surface area contributed by atoms with Gasteiger partial charge in [-0.2, -0.15) is 0 Å². The first-order valence-corrected chi connectivity index (χ1v) is 7.35. The normalized spacial score (nSPS) is 10.7. The number of nitrogens with one attached hydrogen (secondary N) is 1. The number of aromatic nitrogens is 2. The Morgan fingerprint density at radius 1 is 1.26 bits per heavy atom. The predicted octanol–water partition coefficient (Wildman–Crippen LogP) is 3.51. The first-order valence-electron chi connectivity index (χ1n) is 6.97. The number of hydrogen-bond donors (Lipinski definition) is 2. The Balaban J connectivity index is 2.33. The number of carboxylic acids is 1. The Morgan fingerprint density at radius 3 is 2.57 bits per heavy atom. The molecule has 1 amide bonds. The van der Waals surface area contributed by atoms with Crippen LogP contribution in [0, 0.1) is 6.92 Å². The number of aryl methyl sites for hydroxylation is 1. The van der Waals surface area contributed by atoms with Crippen molar-refractivity contribution < 1.29 is 14.7 Å². The zero-order chi connectivity index (χ0) is 17.1. The van der Waals surface area contributed by atoms with E-state index in [9.17, 15) is 9.59 Å². The topological polar surface area (TPSA) is 92.2 Å². The number of carbonyl (C=O) groups is 2. The van der Waals surface area contributed by atoms with Gasteiger partial charge in [0.1, 0.15) is 5.82 Å². The molecule has 0 saturated carbocycles. The van der Waals surface area contributed by atoms with Gasteiger partial charge in [0.05, 0.1) is 21.8 Å². The lowest BCUT2D eigenvalue weighted by molar-refractivity contribution is 0.0696. The van der Waals surface area contributed by atoms with Gasteiger partial charge in [-0.25, -0.2) is 14.8 Å². The molecule has 0 radical (unpaired) electrons. The molecule has 0 bridgehead atoms. The molecule has 0 aliphatic carbocycles. The number of nitrogens with zero attached hydrogens (tertiary/aromatic N) is 2. The van der Waals surface area contributed by atoms with E-state index in [1.54, 1.807) is 6.92 Å². The van der Waals surface area contributed by atoms with Crippen LogP contribution < -0.4 is 5.32 Å². The molecule has 0 fully saturated rings. The summed E-state index contributed by atoms with van der Waals surface area (Å²) in [5.41, 5.74) is 1.26. The fourth-order valence-electron chi connectivity index (χ4n) is 2.07. The van der Waals surface area contributed by atoms with Gasteiger partial charge in [0.25, 0.3) is 5.91 Å². The molecule has 1 heterocycles. The molecular formula is C16H16ClN3O3. The zero-order valence-electron chi connectivity index (χ0n) is 12.9. The minimum absolute atomic E-state index is 0.0530. The number of aromatic carboxylic acids is 1.